The molecule has 29 heavy (non-hydrogen) atoms. The van der Waals surface area contributed by atoms with E-state index in [-0.39, 0.29) is 27.2 Å². The zero-order valence-corrected chi connectivity index (χ0v) is 20.2. The molecule has 0 amide bonds. The van der Waals surface area contributed by atoms with Crippen molar-refractivity contribution in [2.75, 3.05) is 23.9 Å². The quantitative estimate of drug-likeness (QED) is 0.617. The molecule has 1 aromatic heterocycles. The van der Waals surface area contributed by atoms with E-state index in [1.165, 1.54) is 12.8 Å². The summed E-state index contributed by atoms with van der Waals surface area (Å²) in [6, 6.07) is 1.96. The minimum absolute atomic E-state index is 0.00481. The van der Waals surface area contributed by atoms with Crippen LogP contribution in [0.15, 0.2) is 6.07 Å². The fraction of sp³-hybridized carbons (Fsp3) is 0.818. The predicted molar refractivity (Wildman–Crippen MR) is 122 cm³/mol. The molecule has 0 saturated carbocycles. The van der Waals surface area contributed by atoms with E-state index in [0.717, 1.165) is 37.6 Å². The van der Waals surface area contributed by atoms with Gasteiger partial charge in [0.05, 0.1) is 0 Å². The molecule has 164 valence electrons. The Morgan fingerprint density at radius 1 is 0.759 bits per heavy atom. The third-order valence-electron chi connectivity index (χ3n) is 8.23. The molecule has 0 spiro atoms. The summed E-state index contributed by atoms with van der Waals surface area (Å²) in [5.74, 6) is 1.46. The number of anilines is 2. The lowest BCUT2D eigenvalue weighted by molar-refractivity contribution is -0.0138. The zero-order chi connectivity index (χ0) is 21.7. The highest BCUT2D eigenvalue weighted by Crippen LogP contribution is 2.44. The summed E-state index contributed by atoms with van der Waals surface area (Å²) < 4.78 is 0. The summed E-state index contributed by atoms with van der Waals surface area (Å²) in [6.45, 7) is 20.5. The number of rotatable bonds is 4. The van der Waals surface area contributed by atoms with E-state index in [4.69, 9.17) is 11.6 Å². The highest BCUT2D eigenvalue weighted by atomic mass is 35.5. The molecule has 3 heterocycles. The number of piperidine rings is 2. The van der Waals surface area contributed by atoms with Gasteiger partial charge in [-0.05, 0) is 75.8 Å². The Hall–Kier alpha value is -1.11. The lowest BCUT2D eigenvalue weighted by Crippen LogP contribution is -2.60. The molecular formula is C22H39ClN6. The van der Waals surface area contributed by atoms with Crippen molar-refractivity contribution < 1.29 is 0 Å². The topological polar surface area (TPSA) is 56.3 Å². The minimum atomic E-state index is -0.00481. The second-order valence-electron chi connectivity index (χ2n) is 11.0. The first kappa shape index (κ1) is 22.6. The minimum Gasteiger partial charge on any atom is -0.302 e. The molecule has 6 nitrogen and oxygen atoms in total. The van der Waals surface area contributed by atoms with Crippen molar-refractivity contribution in [2.24, 2.45) is 10.8 Å². The smallest absolute Gasteiger partial charge is 0.226 e. The summed E-state index contributed by atoms with van der Waals surface area (Å²) in [5, 5.41) is 4.85. The molecule has 0 radical (unpaired) electrons. The molecule has 0 unspecified atom stereocenters. The zero-order valence-electron chi connectivity index (χ0n) is 19.5. The van der Waals surface area contributed by atoms with Gasteiger partial charge in [0.15, 0.2) is 0 Å². The maximum absolute atomic E-state index is 6.30. The number of hydrogen-bond acceptors (Lipinski definition) is 6. The molecule has 2 aliphatic heterocycles. The summed E-state index contributed by atoms with van der Waals surface area (Å²) in [6.07, 6.45) is 4.75. The Morgan fingerprint density at radius 2 is 1.14 bits per heavy atom. The third-order valence-corrected chi connectivity index (χ3v) is 8.40. The van der Waals surface area contributed by atoms with Gasteiger partial charge in [0.25, 0.3) is 0 Å². The molecule has 0 atom stereocenters. The molecule has 0 aliphatic carbocycles. The number of hydrazine groups is 2. The van der Waals surface area contributed by atoms with Crippen molar-refractivity contribution in [3.8, 4) is 0 Å². The fourth-order valence-corrected chi connectivity index (χ4v) is 4.64. The van der Waals surface area contributed by atoms with Gasteiger partial charge in [-0.1, -0.05) is 27.7 Å². The van der Waals surface area contributed by atoms with Crippen molar-refractivity contribution >= 4 is 23.2 Å². The van der Waals surface area contributed by atoms with Crippen LogP contribution in [-0.4, -0.2) is 44.2 Å². The van der Waals surface area contributed by atoms with Crippen LogP contribution in [0.4, 0.5) is 11.6 Å². The summed E-state index contributed by atoms with van der Waals surface area (Å²) in [5.41, 5.74) is 7.45. The second kappa shape index (κ2) is 7.54. The van der Waals surface area contributed by atoms with Gasteiger partial charge >= 0.3 is 0 Å². The fourth-order valence-electron chi connectivity index (χ4n) is 4.46. The van der Waals surface area contributed by atoms with Gasteiger partial charge in [0.1, 0.15) is 11.6 Å². The molecule has 0 aromatic carbocycles. The van der Waals surface area contributed by atoms with Crippen molar-refractivity contribution in [1.29, 1.82) is 0 Å². The number of halogens is 1. The van der Waals surface area contributed by atoms with Gasteiger partial charge in [0, 0.05) is 30.2 Å². The van der Waals surface area contributed by atoms with Crippen LogP contribution in [0, 0.1) is 10.8 Å². The highest BCUT2D eigenvalue weighted by Gasteiger charge is 2.46. The number of nitrogens with one attached hydrogen (secondary N) is 2. The SMILES string of the molecule is CC1(C)CCCN(Nc2cc(NN3CCCC(C)(C)C3(C)C)nc(Cl)n2)C1(C)C. The van der Waals surface area contributed by atoms with E-state index in [0.29, 0.717) is 0 Å². The first-order valence-corrected chi connectivity index (χ1v) is 11.3. The van der Waals surface area contributed by atoms with Crippen molar-refractivity contribution in [3.05, 3.63) is 11.3 Å². The largest absolute Gasteiger partial charge is 0.302 e. The lowest BCUT2D eigenvalue weighted by Gasteiger charge is -2.53. The Morgan fingerprint density at radius 3 is 1.52 bits per heavy atom. The molecule has 2 aliphatic rings. The van der Waals surface area contributed by atoms with E-state index in [1.54, 1.807) is 0 Å². The number of nitrogens with zero attached hydrogens (tertiary/aromatic N) is 4. The first-order valence-electron chi connectivity index (χ1n) is 10.9. The molecule has 7 heteroatoms. The van der Waals surface area contributed by atoms with Gasteiger partial charge in [-0.25, -0.2) is 10.0 Å². The lowest BCUT2D eigenvalue weighted by atomic mass is 9.69. The Bertz CT molecular complexity index is 685. The van der Waals surface area contributed by atoms with E-state index in [9.17, 15) is 0 Å². The molecule has 3 rings (SSSR count). The van der Waals surface area contributed by atoms with Crippen molar-refractivity contribution in [3.63, 3.8) is 0 Å². The second-order valence-corrected chi connectivity index (χ2v) is 11.4. The average molecular weight is 423 g/mol. The maximum Gasteiger partial charge on any atom is 0.226 e. The van der Waals surface area contributed by atoms with Gasteiger partial charge in [0.2, 0.25) is 5.28 Å². The van der Waals surface area contributed by atoms with Crippen LogP contribution >= 0.6 is 11.6 Å². The maximum atomic E-state index is 6.30. The van der Waals surface area contributed by atoms with Crippen LogP contribution in [0.25, 0.3) is 0 Å². The Labute approximate surface area is 181 Å². The van der Waals surface area contributed by atoms with Crippen molar-refractivity contribution in [2.45, 2.75) is 92.2 Å². The molecular weight excluding hydrogens is 384 g/mol. The molecule has 1 aromatic rings. The van der Waals surface area contributed by atoms with Crippen LogP contribution in [0.1, 0.15) is 81.1 Å². The van der Waals surface area contributed by atoms with E-state index in [1.807, 2.05) is 6.07 Å². The van der Waals surface area contributed by atoms with Gasteiger partial charge < -0.3 is 10.9 Å². The predicted octanol–water partition coefficient (Wildman–Crippen LogP) is 5.59. The Balaban J connectivity index is 1.80. The summed E-state index contributed by atoms with van der Waals surface area (Å²) in [7, 11) is 0. The Kier molecular flexibility index (Phi) is 5.87. The van der Waals surface area contributed by atoms with Crippen LogP contribution in [0.5, 0.6) is 0 Å². The van der Waals surface area contributed by atoms with E-state index in [2.05, 4.69) is 86.2 Å². The van der Waals surface area contributed by atoms with Crippen LogP contribution in [0.2, 0.25) is 5.28 Å². The molecule has 2 N–H and O–H groups in total. The van der Waals surface area contributed by atoms with Crippen LogP contribution in [-0.2, 0) is 0 Å². The molecule has 2 saturated heterocycles. The highest BCUT2D eigenvalue weighted by molar-refractivity contribution is 6.28. The standard InChI is InChI=1S/C22H39ClN6/c1-19(2)11-9-13-28(21(19,5)6)26-16-15-17(25-18(23)24-16)27-29-14-10-12-20(3,4)22(29,7)8/h15H,9-14H2,1-8H3,(H2,24,25,26,27). The van der Waals surface area contributed by atoms with Crippen molar-refractivity contribution in [1.82, 2.24) is 20.0 Å². The monoisotopic (exact) mass is 422 g/mol. The third kappa shape index (κ3) is 4.21. The van der Waals surface area contributed by atoms with Gasteiger partial charge in [-0.15, -0.1) is 0 Å². The molecule has 2 fully saturated rings. The van der Waals surface area contributed by atoms with Gasteiger partial charge in [-0.2, -0.15) is 9.97 Å². The molecule has 0 bridgehead atoms. The van der Waals surface area contributed by atoms with Crippen LogP contribution < -0.4 is 10.9 Å². The normalized spacial score (nSPS) is 26.1. The first-order chi connectivity index (χ1) is 13.3. The van der Waals surface area contributed by atoms with E-state index >= 15 is 0 Å². The number of hydrogen-bond donors (Lipinski definition) is 2. The summed E-state index contributed by atoms with van der Waals surface area (Å²) in [4.78, 5) is 8.88. The van der Waals surface area contributed by atoms with E-state index < -0.39 is 0 Å². The number of aromatic nitrogens is 2. The summed E-state index contributed by atoms with van der Waals surface area (Å²) >= 11 is 6.30. The van der Waals surface area contributed by atoms with Crippen LogP contribution in [0.3, 0.4) is 0 Å². The van der Waals surface area contributed by atoms with Gasteiger partial charge in [-0.3, -0.25) is 0 Å². The average Bonchev–Trinajstić information content (AvgIpc) is 2.56.